The summed E-state index contributed by atoms with van der Waals surface area (Å²) in [6.45, 7) is 1.08. The van der Waals surface area contributed by atoms with Crippen LogP contribution in [-0.4, -0.2) is 27.2 Å². The molecule has 1 nitrogen and oxygen atoms in total. The molecule has 0 N–H and O–H groups in total. The van der Waals surface area contributed by atoms with Crippen molar-refractivity contribution in [2.45, 2.75) is 4.87 Å². The lowest BCUT2D eigenvalue weighted by molar-refractivity contribution is 1.13. The minimum absolute atomic E-state index is 0.880. The zero-order valence-corrected chi connectivity index (χ0v) is 6.53. The topological polar surface area (TPSA) is 12.4 Å². The predicted octanol–water partition coefficient (Wildman–Crippen LogP) is -0.547. The third-order valence-corrected chi connectivity index (χ3v) is 2.80. The quantitative estimate of drug-likeness (QED) is 0.388. The first kappa shape index (κ1) is 4.40. The Morgan fingerprint density at radius 3 is 3.00 bits per heavy atom. The highest BCUT2D eigenvalue weighted by Crippen LogP contribution is 2.09. The lowest BCUT2D eigenvalue weighted by atomic mass is 10.8. The van der Waals surface area contributed by atoms with E-state index >= 15 is 0 Å². The molecular formula is C3H7NSSi. The number of thioether (sulfide) groups is 1. The SMILES string of the molecule is [SiH3]C1CN=CS1. The highest BCUT2D eigenvalue weighted by atomic mass is 32.2. The van der Waals surface area contributed by atoms with Crippen LogP contribution in [0.15, 0.2) is 4.99 Å². The average molecular weight is 117 g/mol. The van der Waals surface area contributed by atoms with Crippen LogP contribution < -0.4 is 0 Å². The van der Waals surface area contributed by atoms with E-state index in [-0.39, 0.29) is 0 Å². The fourth-order valence-corrected chi connectivity index (χ4v) is 1.51. The fraction of sp³-hybridized carbons (Fsp3) is 0.667. The molecule has 1 heterocycles. The van der Waals surface area contributed by atoms with Crippen molar-refractivity contribution in [3.8, 4) is 0 Å². The molecule has 3 heteroatoms. The van der Waals surface area contributed by atoms with Gasteiger partial charge in [-0.05, 0) is 0 Å². The molecular weight excluding hydrogens is 110 g/mol. The molecule has 1 atom stereocenters. The molecule has 0 fully saturated rings. The number of hydrogen-bond donors (Lipinski definition) is 0. The van der Waals surface area contributed by atoms with E-state index in [2.05, 4.69) is 4.99 Å². The molecule has 0 radical (unpaired) electrons. The first-order valence-electron chi connectivity index (χ1n) is 2.03. The van der Waals surface area contributed by atoms with Gasteiger partial charge in [0, 0.05) is 21.7 Å². The zero-order valence-electron chi connectivity index (χ0n) is 3.72. The van der Waals surface area contributed by atoms with Crippen LogP contribution >= 0.6 is 11.8 Å². The third-order valence-electron chi connectivity index (χ3n) is 0.730. The van der Waals surface area contributed by atoms with Gasteiger partial charge in [0.2, 0.25) is 0 Å². The number of aliphatic imine (C=N–C) groups is 1. The van der Waals surface area contributed by atoms with Crippen molar-refractivity contribution in [3.05, 3.63) is 0 Å². The van der Waals surface area contributed by atoms with Crippen LogP contribution in [-0.2, 0) is 0 Å². The van der Waals surface area contributed by atoms with Gasteiger partial charge in [0.25, 0.3) is 0 Å². The predicted molar refractivity (Wildman–Crippen MR) is 34.7 cm³/mol. The van der Waals surface area contributed by atoms with Crippen LogP contribution in [0.3, 0.4) is 0 Å². The summed E-state index contributed by atoms with van der Waals surface area (Å²) < 4.78 is 0. The Hall–Kier alpha value is 0.237. The molecule has 1 unspecified atom stereocenters. The minimum Gasteiger partial charge on any atom is -0.286 e. The first-order valence-corrected chi connectivity index (χ1v) is 4.13. The van der Waals surface area contributed by atoms with Gasteiger partial charge in [0.15, 0.2) is 0 Å². The normalized spacial score (nSPS) is 32.3. The molecule has 1 aliphatic rings. The average Bonchev–Trinajstić information content (AvgIpc) is 1.86. The van der Waals surface area contributed by atoms with Gasteiger partial charge in [-0.2, -0.15) is 0 Å². The van der Waals surface area contributed by atoms with Gasteiger partial charge in [-0.1, -0.05) is 0 Å². The molecule has 0 aromatic rings. The Balaban J connectivity index is 2.32. The van der Waals surface area contributed by atoms with Gasteiger partial charge in [-0.25, -0.2) is 0 Å². The molecule has 0 spiro atoms. The maximum absolute atomic E-state index is 4.04. The van der Waals surface area contributed by atoms with E-state index in [9.17, 15) is 0 Å². The molecule has 0 saturated heterocycles. The summed E-state index contributed by atoms with van der Waals surface area (Å²) in [4.78, 5) is 4.92. The Morgan fingerprint density at radius 1 is 2.00 bits per heavy atom. The molecule has 0 amide bonds. The molecule has 0 aliphatic carbocycles. The summed E-state index contributed by atoms with van der Waals surface area (Å²) in [6, 6.07) is 0. The molecule has 0 bridgehead atoms. The van der Waals surface area contributed by atoms with Crippen LogP contribution in [0.5, 0.6) is 0 Å². The lowest BCUT2D eigenvalue weighted by Crippen LogP contribution is -1.98. The second kappa shape index (κ2) is 1.79. The van der Waals surface area contributed by atoms with Crippen molar-refractivity contribution >= 4 is 27.6 Å². The van der Waals surface area contributed by atoms with Gasteiger partial charge in [0.05, 0.1) is 5.55 Å². The van der Waals surface area contributed by atoms with Crippen LogP contribution in [0.1, 0.15) is 0 Å². The third kappa shape index (κ3) is 0.848. The van der Waals surface area contributed by atoms with Gasteiger partial charge in [0.1, 0.15) is 0 Å². The minimum atomic E-state index is 0.880. The van der Waals surface area contributed by atoms with E-state index in [1.54, 1.807) is 0 Å². The van der Waals surface area contributed by atoms with Gasteiger partial charge in [-0.15, -0.1) is 11.8 Å². The summed E-state index contributed by atoms with van der Waals surface area (Å²) in [6.07, 6.45) is 0. The first-order chi connectivity index (χ1) is 2.89. The smallest absolute Gasteiger partial charge is 0.0541 e. The summed E-state index contributed by atoms with van der Waals surface area (Å²) in [5, 5.41) is 0. The van der Waals surface area contributed by atoms with E-state index < -0.39 is 0 Å². The molecule has 0 saturated carbocycles. The van der Waals surface area contributed by atoms with Crippen molar-refractivity contribution in [1.82, 2.24) is 0 Å². The van der Waals surface area contributed by atoms with Crippen LogP contribution in [0, 0.1) is 0 Å². The van der Waals surface area contributed by atoms with Crippen molar-refractivity contribution < 1.29 is 0 Å². The van der Waals surface area contributed by atoms with Crippen LogP contribution in [0.4, 0.5) is 0 Å². The molecule has 1 rings (SSSR count). The van der Waals surface area contributed by atoms with Crippen LogP contribution in [0.2, 0.25) is 0 Å². The van der Waals surface area contributed by atoms with Crippen molar-refractivity contribution in [2.75, 3.05) is 6.54 Å². The lowest BCUT2D eigenvalue weighted by Gasteiger charge is -1.89. The molecule has 0 aromatic heterocycles. The Morgan fingerprint density at radius 2 is 2.83 bits per heavy atom. The Labute approximate surface area is 44.7 Å². The Kier molecular flexibility index (Phi) is 1.32. The van der Waals surface area contributed by atoms with Crippen LogP contribution in [0.25, 0.3) is 0 Å². The van der Waals surface area contributed by atoms with Crippen molar-refractivity contribution in [2.24, 2.45) is 4.99 Å². The van der Waals surface area contributed by atoms with E-state index in [0.717, 1.165) is 11.4 Å². The molecule has 34 valence electrons. The Bertz CT molecular complexity index is 65.2. The molecule has 0 aromatic carbocycles. The molecule has 6 heavy (non-hydrogen) atoms. The summed E-state index contributed by atoms with van der Waals surface area (Å²) in [7, 11) is 1.29. The standard InChI is InChI=1S/C3H7NSSi/c6-3-1-4-2-5-3/h2-3H,1H2,6H3. The highest BCUT2D eigenvalue weighted by molar-refractivity contribution is 8.13. The fourth-order valence-electron chi connectivity index (χ4n) is 0.381. The maximum Gasteiger partial charge on any atom is 0.0541 e. The highest BCUT2D eigenvalue weighted by Gasteiger charge is 2.02. The summed E-state index contributed by atoms with van der Waals surface area (Å²) in [5.74, 6) is 0. The van der Waals surface area contributed by atoms with E-state index in [1.165, 1.54) is 10.2 Å². The van der Waals surface area contributed by atoms with E-state index in [1.807, 2.05) is 17.3 Å². The summed E-state index contributed by atoms with van der Waals surface area (Å²) in [5.41, 5.74) is 1.96. The maximum atomic E-state index is 4.04. The van der Waals surface area contributed by atoms with Gasteiger partial charge < -0.3 is 0 Å². The second-order valence-corrected chi connectivity index (χ2v) is 4.94. The van der Waals surface area contributed by atoms with E-state index in [4.69, 9.17) is 0 Å². The second-order valence-electron chi connectivity index (χ2n) is 1.42. The number of hydrogen-bond acceptors (Lipinski definition) is 2. The van der Waals surface area contributed by atoms with Crippen molar-refractivity contribution in [1.29, 1.82) is 0 Å². The van der Waals surface area contributed by atoms with Gasteiger partial charge in [-0.3, -0.25) is 4.99 Å². The zero-order chi connectivity index (χ0) is 4.41. The van der Waals surface area contributed by atoms with Crippen molar-refractivity contribution in [3.63, 3.8) is 0 Å². The monoisotopic (exact) mass is 117 g/mol. The number of nitrogens with zero attached hydrogens (tertiary/aromatic N) is 1. The van der Waals surface area contributed by atoms with Gasteiger partial charge >= 0.3 is 0 Å². The largest absolute Gasteiger partial charge is 0.286 e. The number of rotatable bonds is 0. The summed E-state index contributed by atoms with van der Waals surface area (Å²) >= 11 is 1.87. The van der Waals surface area contributed by atoms with E-state index in [0.29, 0.717) is 0 Å². The molecule has 1 aliphatic heterocycles.